The molecule has 2 aliphatic heterocycles. The van der Waals surface area contributed by atoms with Crippen LogP contribution in [-0.2, 0) is 24.2 Å². The molecule has 1 aromatic heterocycles. The maximum Gasteiger partial charge on any atom is 0.220 e. The minimum atomic E-state index is 0.186. The molecule has 116 valence electrons. The monoisotopic (exact) mass is 290 g/mol. The van der Waals surface area contributed by atoms with Crippen LogP contribution in [0, 0.1) is 5.92 Å². The highest BCUT2D eigenvalue weighted by Gasteiger charge is 2.16. The fraction of sp³-hybridized carbons (Fsp3) is 0.750. The zero-order valence-electron chi connectivity index (χ0n) is 12.7. The Morgan fingerprint density at radius 2 is 2.43 bits per heavy atom. The number of carbonyl (C=O) groups excluding carboxylic acids is 1. The second-order valence-electron chi connectivity index (χ2n) is 6.30. The van der Waals surface area contributed by atoms with Crippen molar-refractivity contribution in [1.29, 1.82) is 0 Å². The Morgan fingerprint density at radius 1 is 1.48 bits per heavy atom. The maximum atomic E-state index is 11.8. The van der Waals surface area contributed by atoms with Gasteiger partial charge in [0.05, 0.1) is 5.69 Å². The van der Waals surface area contributed by atoms with E-state index in [4.69, 9.17) is 0 Å². The Morgan fingerprint density at radius 3 is 3.24 bits per heavy atom. The van der Waals surface area contributed by atoms with Gasteiger partial charge in [-0.1, -0.05) is 0 Å². The molecular formula is C16H26N4O. The zero-order valence-corrected chi connectivity index (χ0v) is 12.7. The van der Waals surface area contributed by atoms with Gasteiger partial charge >= 0.3 is 0 Å². The van der Waals surface area contributed by atoms with Crippen molar-refractivity contribution in [2.45, 2.75) is 51.5 Å². The lowest BCUT2D eigenvalue weighted by atomic mass is 10.0. The number of rotatable bonds is 6. The first-order valence-corrected chi connectivity index (χ1v) is 8.33. The van der Waals surface area contributed by atoms with Gasteiger partial charge in [0.2, 0.25) is 5.91 Å². The smallest absolute Gasteiger partial charge is 0.220 e. The number of nitrogens with zero attached hydrogens (tertiary/aromatic N) is 2. The lowest BCUT2D eigenvalue weighted by Gasteiger charge is -2.11. The predicted molar refractivity (Wildman–Crippen MR) is 82.1 cm³/mol. The molecule has 1 aromatic rings. The number of carbonyl (C=O) groups is 1. The predicted octanol–water partition coefficient (Wildman–Crippen LogP) is 1.27. The Kier molecular flexibility index (Phi) is 4.91. The van der Waals surface area contributed by atoms with Crippen LogP contribution in [0.2, 0.25) is 0 Å². The van der Waals surface area contributed by atoms with E-state index in [1.54, 1.807) is 0 Å². The Balaban J connectivity index is 1.35. The summed E-state index contributed by atoms with van der Waals surface area (Å²) in [5, 5.41) is 6.37. The van der Waals surface area contributed by atoms with Crippen molar-refractivity contribution in [2.75, 3.05) is 19.6 Å². The highest BCUT2D eigenvalue weighted by molar-refractivity contribution is 5.75. The lowest BCUT2D eigenvalue weighted by molar-refractivity contribution is -0.121. The zero-order chi connectivity index (χ0) is 14.5. The fourth-order valence-electron chi connectivity index (χ4n) is 3.31. The van der Waals surface area contributed by atoms with Gasteiger partial charge in [-0.15, -0.1) is 0 Å². The van der Waals surface area contributed by atoms with Crippen LogP contribution in [0.5, 0.6) is 0 Å². The molecule has 0 spiro atoms. The van der Waals surface area contributed by atoms with E-state index >= 15 is 0 Å². The van der Waals surface area contributed by atoms with Gasteiger partial charge in [-0.25, -0.2) is 4.98 Å². The average molecular weight is 290 g/mol. The van der Waals surface area contributed by atoms with E-state index in [9.17, 15) is 4.79 Å². The van der Waals surface area contributed by atoms with Gasteiger partial charge in [0, 0.05) is 38.5 Å². The average Bonchev–Trinajstić information content (AvgIpc) is 3.14. The third-order valence-corrected chi connectivity index (χ3v) is 4.60. The third kappa shape index (κ3) is 4.06. The van der Waals surface area contributed by atoms with E-state index in [-0.39, 0.29) is 5.91 Å². The van der Waals surface area contributed by atoms with Crippen LogP contribution in [0.25, 0.3) is 0 Å². The number of hydrogen-bond donors (Lipinski definition) is 2. The first-order valence-electron chi connectivity index (χ1n) is 8.33. The van der Waals surface area contributed by atoms with Crippen molar-refractivity contribution in [3.63, 3.8) is 0 Å². The molecular weight excluding hydrogens is 264 g/mol. The number of amides is 1. The summed E-state index contributed by atoms with van der Waals surface area (Å²) in [6, 6.07) is 0. The van der Waals surface area contributed by atoms with Crippen LogP contribution < -0.4 is 10.6 Å². The minimum Gasteiger partial charge on any atom is -0.356 e. The van der Waals surface area contributed by atoms with Gasteiger partial charge in [-0.3, -0.25) is 4.79 Å². The SMILES string of the molecule is O=C(CCC1CCNC1)NCCc1cn2c(n1)CCCC2. The van der Waals surface area contributed by atoms with E-state index in [1.165, 1.54) is 25.1 Å². The summed E-state index contributed by atoms with van der Waals surface area (Å²) in [6.45, 7) is 3.99. The standard InChI is InChI=1S/C16H26N4O/c21-16(5-4-13-6-8-17-11-13)18-9-7-14-12-20-10-2-1-3-15(20)19-14/h12-13,17H,1-11H2,(H,18,21). The molecule has 1 unspecified atom stereocenters. The second-order valence-corrected chi connectivity index (χ2v) is 6.30. The lowest BCUT2D eigenvalue weighted by Crippen LogP contribution is -2.26. The number of hydrogen-bond acceptors (Lipinski definition) is 3. The molecule has 0 bridgehead atoms. The van der Waals surface area contributed by atoms with Crippen LogP contribution in [0.15, 0.2) is 6.20 Å². The van der Waals surface area contributed by atoms with Gasteiger partial charge in [-0.05, 0) is 44.7 Å². The highest BCUT2D eigenvalue weighted by Crippen LogP contribution is 2.15. The van der Waals surface area contributed by atoms with Crippen LogP contribution >= 0.6 is 0 Å². The summed E-state index contributed by atoms with van der Waals surface area (Å²) in [5.41, 5.74) is 1.12. The van der Waals surface area contributed by atoms with Gasteiger partial charge < -0.3 is 15.2 Å². The molecule has 0 aromatic carbocycles. The summed E-state index contributed by atoms with van der Waals surface area (Å²) in [7, 11) is 0. The van der Waals surface area contributed by atoms with Gasteiger partial charge in [0.15, 0.2) is 0 Å². The quantitative estimate of drug-likeness (QED) is 0.829. The molecule has 0 radical (unpaired) electrons. The molecule has 5 nitrogen and oxygen atoms in total. The number of fused-ring (bicyclic) bond motifs is 1. The number of aromatic nitrogens is 2. The van der Waals surface area contributed by atoms with Gasteiger partial charge in [0.1, 0.15) is 5.82 Å². The molecule has 1 fully saturated rings. The topological polar surface area (TPSA) is 59.0 Å². The first-order chi connectivity index (χ1) is 10.3. The molecule has 0 aliphatic carbocycles. The van der Waals surface area contributed by atoms with Crippen molar-refractivity contribution < 1.29 is 4.79 Å². The second kappa shape index (κ2) is 7.07. The van der Waals surface area contributed by atoms with Crippen LogP contribution in [0.3, 0.4) is 0 Å². The van der Waals surface area contributed by atoms with E-state index in [0.29, 0.717) is 18.9 Å². The Labute approximate surface area is 126 Å². The van der Waals surface area contributed by atoms with E-state index < -0.39 is 0 Å². The van der Waals surface area contributed by atoms with Crippen LogP contribution in [0.1, 0.15) is 43.6 Å². The largest absolute Gasteiger partial charge is 0.356 e. The molecule has 2 aliphatic rings. The summed E-state index contributed by atoms with van der Waals surface area (Å²) in [6.07, 6.45) is 9.50. The summed E-state index contributed by atoms with van der Waals surface area (Å²) in [4.78, 5) is 16.5. The summed E-state index contributed by atoms with van der Waals surface area (Å²) >= 11 is 0. The van der Waals surface area contributed by atoms with Crippen LogP contribution in [0.4, 0.5) is 0 Å². The van der Waals surface area contributed by atoms with Gasteiger partial charge in [0.25, 0.3) is 0 Å². The fourth-order valence-corrected chi connectivity index (χ4v) is 3.31. The number of aryl methyl sites for hydroxylation is 2. The molecule has 0 saturated carbocycles. The molecule has 1 atom stereocenters. The highest BCUT2D eigenvalue weighted by atomic mass is 16.1. The normalized spacial score (nSPS) is 21.2. The maximum absolute atomic E-state index is 11.8. The Bertz CT molecular complexity index is 453. The molecule has 21 heavy (non-hydrogen) atoms. The number of imidazole rings is 1. The van der Waals surface area contributed by atoms with E-state index in [2.05, 4.69) is 26.4 Å². The molecule has 1 saturated heterocycles. The van der Waals surface area contributed by atoms with Crippen molar-refractivity contribution in [3.05, 3.63) is 17.7 Å². The first kappa shape index (κ1) is 14.6. The molecule has 1 amide bonds. The molecule has 5 heteroatoms. The Hall–Kier alpha value is -1.36. The van der Waals surface area contributed by atoms with E-state index in [1.807, 2.05) is 0 Å². The third-order valence-electron chi connectivity index (χ3n) is 4.60. The molecule has 3 rings (SSSR count). The molecule has 2 N–H and O–H groups in total. The molecule has 3 heterocycles. The summed E-state index contributed by atoms with van der Waals surface area (Å²) < 4.78 is 2.27. The van der Waals surface area contributed by atoms with E-state index in [0.717, 1.165) is 44.6 Å². The summed E-state index contributed by atoms with van der Waals surface area (Å²) in [5.74, 6) is 2.10. The number of nitrogens with one attached hydrogen (secondary N) is 2. The van der Waals surface area contributed by atoms with Crippen molar-refractivity contribution >= 4 is 5.91 Å². The van der Waals surface area contributed by atoms with Crippen LogP contribution in [-0.4, -0.2) is 35.1 Å². The van der Waals surface area contributed by atoms with Crippen molar-refractivity contribution in [1.82, 2.24) is 20.2 Å². The van der Waals surface area contributed by atoms with Crippen molar-refractivity contribution in [3.8, 4) is 0 Å². The van der Waals surface area contributed by atoms with Crippen molar-refractivity contribution in [2.24, 2.45) is 5.92 Å². The minimum absolute atomic E-state index is 0.186. The van der Waals surface area contributed by atoms with Gasteiger partial charge in [-0.2, -0.15) is 0 Å².